The number of urea groups is 1. The van der Waals surface area contributed by atoms with Crippen molar-refractivity contribution in [3.63, 3.8) is 0 Å². The van der Waals surface area contributed by atoms with Gasteiger partial charge in [-0.3, -0.25) is 4.90 Å². The van der Waals surface area contributed by atoms with Crippen LogP contribution in [-0.2, 0) is 4.74 Å². The zero-order chi connectivity index (χ0) is 12.8. The van der Waals surface area contributed by atoms with Gasteiger partial charge in [0, 0.05) is 52.0 Å². The second-order valence-electron chi connectivity index (χ2n) is 5.06. The van der Waals surface area contributed by atoms with Gasteiger partial charge in [0.1, 0.15) is 0 Å². The molecule has 2 fully saturated rings. The Morgan fingerprint density at radius 1 is 1.22 bits per heavy atom. The first-order chi connectivity index (χ1) is 8.81. The first-order valence-corrected chi connectivity index (χ1v) is 7.16. The molecule has 0 atom stereocenters. The van der Waals surface area contributed by atoms with E-state index in [1.807, 2.05) is 11.8 Å². The fraction of sp³-hybridized carbons (Fsp3) is 0.923. The van der Waals surface area contributed by atoms with Crippen molar-refractivity contribution in [1.82, 2.24) is 15.1 Å². The summed E-state index contributed by atoms with van der Waals surface area (Å²) in [5, 5.41) is 2.89. The molecule has 18 heavy (non-hydrogen) atoms. The number of nitrogens with one attached hydrogen (secondary N) is 1. The van der Waals surface area contributed by atoms with Crippen LogP contribution in [0.4, 0.5) is 4.79 Å². The number of nitrogens with zero attached hydrogens (tertiary/aromatic N) is 2. The van der Waals surface area contributed by atoms with Crippen molar-refractivity contribution < 1.29 is 9.53 Å². The lowest BCUT2D eigenvalue weighted by molar-refractivity contribution is 0.0357. The van der Waals surface area contributed by atoms with Gasteiger partial charge in [-0.15, -0.1) is 0 Å². The van der Waals surface area contributed by atoms with E-state index in [0.717, 1.165) is 58.7 Å². The van der Waals surface area contributed by atoms with E-state index >= 15 is 0 Å². The van der Waals surface area contributed by atoms with E-state index in [9.17, 15) is 4.79 Å². The molecular formula is C13H25N3O2. The maximum Gasteiger partial charge on any atom is 0.317 e. The van der Waals surface area contributed by atoms with Crippen LogP contribution < -0.4 is 5.32 Å². The maximum absolute atomic E-state index is 11.8. The molecule has 5 heteroatoms. The summed E-state index contributed by atoms with van der Waals surface area (Å²) in [6.07, 6.45) is 3.36. The number of carbonyl (C=O) groups is 1. The summed E-state index contributed by atoms with van der Waals surface area (Å²) >= 11 is 0. The van der Waals surface area contributed by atoms with E-state index in [1.54, 1.807) is 0 Å². The van der Waals surface area contributed by atoms with Crippen molar-refractivity contribution in [3.05, 3.63) is 0 Å². The molecule has 0 bridgehead atoms. The minimum atomic E-state index is 0.0892. The number of hydrogen-bond acceptors (Lipinski definition) is 3. The van der Waals surface area contributed by atoms with Crippen LogP contribution in [0.2, 0.25) is 0 Å². The Bertz CT molecular complexity index is 267. The fourth-order valence-corrected chi connectivity index (χ4v) is 2.82. The number of rotatable bonds is 2. The van der Waals surface area contributed by atoms with Gasteiger partial charge >= 0.3 is 6.03 Å². The normalized spacial score (nSPS) is 23.7. The first kappa shape index (κ1) is 13.6. The second-order valence-corrected chi connectivity index (χ2v) is 5.06. The second kappa shape index (κ2) is 6.95. The molecule has 104 valence electrons. The third kappa shape index (κ3) is 3.59. The Morgan fingerprint density at radius 3 is 2.72 bits per heavy atom. The molecule has 0 saturated carbocycles. The molecule has 2 saturated heterocycles. The Hall–Kier alpha value is -0.810. The Kier molecular flexibility index (Phi) is 5.26. The van der Waals surface area contributed by atoms with Crippen molar-refractivity contribution in [3.8, 4) is 0 Å². The summed E-state index contributed by atoms with van der Waals surface area (Å²) in [6, 6.07) is 0.749. The van der Waals surface area contributed by atoms with Gasteiger partial charge < -0.3 is 15.0 Å². The standard InChI is InChI=1S/C13H25N3O2/c1-2-14-13(17)16-7-3-6-15(8-9-16)12-4-10-18-11-5-12/h12H,2-11H2,1H3,(H,14,17). The zero-order valence-electron chi connectivity index (χ0n) is 11.4. The summed E-state index contributed by atoms with van der Waals surface area (Å²) in [5.74, 6) is 0. The van der Waals surface area contributed by atoms with Crippen molar-refractivity contribution in [1.29, 1.82) is 0 Å². The predicted molar refractivity (Wildman–Crippen MR) is 70.7 cm³/mol. The molecule has 0 aromatic carbocycles. The molecule has 0 spiro atoms. The average Bonchev–Trinajstić information content (AvgIpc) is 2.66. The maximum atomic E-state index is 11.8. The minimum absolute atomic E-state index is 0.0892. The SMILES string of the molecule is CCNC(=O)N1CCCN(C2CCOCC2)CC1. The van der Waals surface area contributed by atoms with Crippen LogP contribution in [0.5, 0.6) is 0 Å². The topological polar surface area (TPSA) is 44.8 Å². The zero-order valence-corrected chi connectivity index (χ0v) is 11.4. The molecule has 2 heterocycles. The molecule has 0 radical (unpaired) electrons. The summed E-state index contributed by atoms with van der Waals surface area (Å²) in [7, 11) is 0. The van der Waals surface area contributed by atoms with Gasteiger partial charge in [-0.25, -0.2) is 4.79 Å². The minimum Gasteiger partial charge on any atom is -0.381 e. The first-order valence-electron chi connectivity index (χ1n) is 7.16. The summed E-state index contributed by atoms with van der Waals surface area (Å²) in [5.41, 5.74) is 0. The highest BCUT2D eigenvalue weighted by Gasteiger charge is 2.25. The van der Waals surface area contributed by atoms with Gasteiger partial charge in [-0.1, -0.05) is 0 Å². The van der Waals surface area contributed by atoms with Crippen LogP contribution in [0.15, 0.2) is 0 Å². The average molecular weight is 255 g/mol. The van der Waals surface area contributed by atoms with Crippen molar-refractivity contribution in [2.24, 2.45) is 0 Å². The number of ether oxygens (including phenoxy) is 1. The van der Waals surface area contributed by atoms with Gasteiger partial charge in [-0.2, -0.15) is 0 Å². The van der Waals surface area contributed by atoms with Gasteiger partial charge in [0.15, 0.2) is 0 Å². The Balaban J connectivity index is 1.82. The molecule has 2 rings (SSSR count). The Labute approximate surface area is 109 Å². The summed E-state index contributed by atoms with van der Waals surface area (Å²) in [4.78, 5) is 16.3. The molecule has 1 N–H and O–H groups in total. The lowest BCUT2D eigenvalue weighted by atomic mass is 10.1. The highest BCUT2D eigenvalue weighted by Crippen LogP contribution is 2.16. The molecule has 2 amide bonds. The van der Waals surface area contributed by atoms with Gasteiger partial charge in [0.2, 0.25) is 0 Å². The van der Waals surface area contributed by atoms with Crippen LogP contribution in [0.3, 0.4) is 0 Å². The van der Waals surface area contributed by atoms with E-state index in [-0.39, 0.29) is 6.03 Å². The van der Waals surface area contributed by atoms with Crippen LogP contribution in [-0.4, -0.2) is 67.8 Å². The molecule has 5 nitrogen and oxygen atoms in total. The number of carbonyl (C=O) groups excluding carboxylic acids is 1. The molecule has 0 aliphatic carbocycles. The largest absolute Gasteiger partial charge is 0.381 e. The third-order valence-corrected chi connectivity index (χ3v) is 3.85. The molecule has 0 aromatic heterocycles. The highest BCUT2D eigenvalue weighted by atomic mass is 16.5. The summed E-state index contributed by atoms with van der Waals surface area (Å²) in [6.45, 7) is 8.29. The molecule has 2 aliphatic rings. The van der Waals surface area contributed by atoms with Crippen LogP contribution >= 0.6 is 0 Å². The van der Waals surface area contributed by atoms with Gasteiger partial charge in [0.25, 0.3) is 0 Å². The molecule has 2 aliphatic heterocycles. The fourth-order valence-electron chi connectivity index (χ4n) is 2.82. The quantitative estimate of drug-likeness (QED) is 0.797. The molecule has 0 aromatic rings. The lowest BCUT2D eigenvalue weighted by Gasteiger charge is -2.33. The van der Waals surface area contributed by atoms with Gasteiger partial charge in [0.05, 0.1) is 0 Å². The monoisotopic (exact) mass is 255 g/mol. The third-order valence-electron chi connectivity index (χ3n) is 3.85. The summed E-state index contributed by atoms with van der Waals surface area (Å²) < 4.78 is 5.41. The highest BCUT2D eigenvalue weighted by molar-refractivity contribution is 5.74. The predicted octanol–water partition coefficient (Wildman–Crippen LogP) is 0.903. The van der Waals surface area contributed by atoms with E-state index < -0.39 is 0 Å². The van der Waals surface area contributed by atoms with E-state index in [4.69, 9.17) is 4.74 Å². The van der Waals surface area contributed by atoms with Crippen molar-refractivity contribution in [2.45, 2.75) is 32.2 Å². The van der Waals surface area contributed by atoms with E-state index in [1.165, 1.54) is 0 Å². The smallest absolute Gasteiger partial charge is 0.317 e. The molecular weight excluding hydrogens is 230 g/mol. The van der Waals surface area contributed by atoms with Gasteiger partial charge in [-0.05, 0) is 26.2 Å². The number of hydrogen-bond donors (Lipinski definition) is 1. The van der Waals surface area contributed by atoms with E-state index in [2.05, 4.69) is 10.2 Å². The van der Waals surface area contributed by atoms with Crippen LogP contribution in [0.25, 0.3) is 0 Å². The molecule has 0 unspecified atom stereocenters. The van der Waals surface area contributed by atoms with E-state index in [0.29, 0.717) is 12.6 Å². The van der Waals surface area contributed by atoms with Crippen molar-refractivity contribution >= 4 is 6.03 Å². The number of amides is 2. The Morgan fingerprint density at radius 2 is 2.00 bits per heavy atom. The van der Waals surface area contributed by atoms with Crippen LogP contribution in [0, 0.1) is 0 Å². The lowest BCUT2D eigenvalue weighted by Crippen LogP contribution is -2.44. The van der Waals surface area contributed by atoms with Crippen molar-refractivity contribution in [2.75, 3.05) is 45.9 Å². The van der Waals surface area contributed by atoms with Crippen LogP contribution in [0.1, 0.15) is 26.2 Å².